The van der Waals surface area contributed by atoms with Gasteiger partial charge in [-0.2, -0.15) is 0 Å². The first-order chi connectivity index (χ1) is 14.4. The third-order valence-electron chi connectivity index (χ3n) is 4.59. The van der Waals surface area contributed by atoms with Gasteiger partial charge in [-0.25, -0.2) is 0 Å². The highest BCUT2D eigenvalue weighted by atomic mass is 32.2. The molecule has 0 saturated heterocycles. The topological polar surface area (TPSA) is 97.0 Å². The van der Waals surface area contributed by atoms with E-state index >= 15 is 0 Å². The molecule has 7 heteroatoms. The van der Waals surface area contributed by atoms with Crippen molar-refractivity contribution in [1.29, 1.82) is 0 Å². The molecule has 156 valence electrons. The molecule has 0 amide bonds. The third-order valence-corrected chi connectivity index (χ3v) is 5.62. The SMILES string of the molecule is COC(=O)C[C@H](c1cccc(O)c1)c1oc(CSc2ccc(C)cc2)cc(=O)c1O. The van der Waals surface area contributed by atoms with E-state index in [1.54, 1.807) is 12.1 Å². The number of rotatable bonds is 7. The van der Waals surface area contributed by atoms with E-state index in [0.717, 1.165) is 10.5 Å². The van der Waals surface area contributed by atoms with Crippen molar-refractivity contribution in [3.8, 4) is 11.5 Å². The van der Waals surface area contributed by atoms with Gasteiger partial charge >= 0.3 is 5.97 Å². The van der Waals surface area contributed by atoms with Crippen molar-refractivity contribution < 1.29 is 24.2 Å². The summed E-state index contributed by atoms with van der Waals surface area (Å²) in [5, 5.41) is 20.2. The minimum Gasteiger partial charge on any atom is -0.508 e. The molecule has 0 radical (unpaired) electrons. The first-order valence-electron chi connectivity index (χ1n) is 9.28. The molecule has 3 rings (SSSR count). The highest BCUT2D eigenvalue weighted by Crippen LogP contribution is 2.35. The molecular formula is C23H22O6S. The Bertz CT molecular complexity index is 1090. The summed E-state index contributed by atoms with van der Waals surface area (Å²) in [7, 11) is 1.26. The number of carbonyl (C=O) groups is 1. The molecule has 0 bridgehead atoms. The predicted octanol–water partition coefficient (Wildman–Crippen LogP) is 4.35. The van der Waals surface area contributed by atoms with Gasteiger partial charge < -0.3 is 19.4 Å². The van der Waals surface area contributed by atoms with Gasteiger partial charge in [0.05, 0.1) is 25.2 Å². The lowest BCUT2D eigenvalue weighted by Crippen LogP contribution is -2.14. The molecule has 0 fully saturated rings. The average molecular weight is 426 g/mol. The largest absolute Gasteiger partial charge is 0.508 e. The third kappa shape index (κ3) is 5.24. The van der Waals surface area contributed by atoms with E-state index in [1.807, 2.05) is 31.2 Å². The lowest BCUT2D eigenvalue weighted by molar-refractivity contribution is -0.140. The Hall–Kier alpha value is -3.19. The minimum atomic E-state index is -0.790. The van der Waals surface area contributed by atoms with Crippen molar-refractivity contribution in [1.82, 2.24) is 0 Å². The lowest BCUT2D eigenvalue weighted by Gasteiger charge is -2.17. The quantitative estimate of drug-likeness (QED) is 0.428. The average Bonchev–Trinajstić information content (AvgIpc) is 2.74. The molecule has 2 aromatic carbocycles. The van der Waals surface area contributed by atoms with Crippen molar-refractivity contribution >= 4 is 17.7 Å². The molecule has 1 atom stereocenters. The molecule has 0 aliphatic carbocycles. The Morgan fingerprint density at radius 1 is 1.13 bits per heavy atom. The van der Waals surface area contributed by atoms with E-state index in [1.165, 1.54) is 37.1 Å². The molecule has 0 saturated carbocycles. The van der Waals surface area contributed by atoms with Crippen LogP contribution in [0.2, 0.25) is 0 Å². The Balaban J connectivity index is 1.96. The van der Waals surface area contributed by atoms with Crippen LogP contribution < -0.4 is 5.43 Å². The standard InChI is InChI=1S/C23H22O6S/c1-14-6-8-18(9-7-14)30-13-17-11-20(25)22(27)23(29-17)19(12-21(26)28-2)15-4-3-5-16(24)10-15/h3-11,19,24,27H,12-13H2,1-2H3/t19-/m1/s1. The number of esters is 1. The molecule has 3 aromatic rings. The van der Waals surface area contributed by atoms with E-state index in [0.29, 0.717) is 17.1 Å². The van der Waals surface area contributed by atoms with Gasteiger partial charge in [0.15, 0.2) is 5.76 Å². The first-order valence-corrected chi connectivity index (χ1v) is 10.3. The number of carbonyl (C=O) groups excluding carboxylic acids is 1. The monoisotopic (exact) mass is 426 g/mol. The van der Waals surface area contributed by atoms with Gasteiger partial charge in [0.25, 0.3) is 0 Å². The smallest absolute Gasteiger partial charge is 0.306 e. The second kappa shape index (κ2) is 9.54. The van der Waals surface area contributed by atoms with Gasteiger partial charge in [-0.05, 0) is 36.8 Å². The minimum absolute atomic E-state index is 0.00437. The highest BCUT2D eigenvalue weighted by molar-refractivity contribution is 7.98. The van der Waals surface area contributed by atoms with Crippen LogP contribution in [0.5, 0.6) is 11.5 Å². The number of aromatic hydroxyl groups is 2. The second-order valence-electron chi connectivity index (χ2n) is 6.82. The summed E-state index contributed by atoms with van der Waals surface area (Å²) in [6, 6.07) is 15.4. The van der Waals surface area contributed by atoms with Gasteiger partial charge in [-0.15, -0.1) is 11.8 Å². The summed E-state index contributed by atoms with van der Waals surface area (Å²) in [4.78, 5) is 25.4. The van der Waals surface area contributed by atoms with E-state index in [9.17, 15) is 19.8 Å². The maximum Gasteiger partial charge on any atom is 0.306 e. The zero-order valence-electron chi connectivity index (χ0n) is 16.6. The van der Waals surface area contributed by atoms with Crippen molar-refractivity contribution in [2.75, 3.05) is 7.11 Å². The molecule has 2 N–H and O–H groups in total. The molecular weight excluding hydrogens is 404 g/mol. The predicted molar refractivity (Wildman–Crippen MR) is 114 cm³/mol. The van der Waals surface area contributed by atoms with Crippen LogP contribution in [-0.4, -0.2) is 23.3 Å². The Morgan fingerprint density at radius 3 is 2.53 bits per heavy atom. The fourth-order valence-corrected chi connectivity index (χ4v) is 3.78. The zero-order chi connectivity index (χ0) is 21.7. The number of thioether (sulfide) groups is 1. The first kappa shape index (κ1) is 21.5. The lowest BCUT2D eigenvalue weighted by atomic mass is 9.92. The molecule has 30 heavy (non-hydrogen) atoms. The van der Waals surface area contributed by atoms with E-state index in [2.05, 4.69) is 0 Å². The molecule has 0 unspecified atom stereocenters. The molecule has 0 aliphatic rings. The normalized spacial score (nSPS) is 11.8. The van der Waals surface area contributed by atoms with Gasteiger partial charge in [0.2, 0.25) is 11.2 Å². The summed E-state index contributed by atoms with van der Waals surface area (Å²) < 4.78 is 10.6. The van der Waals surface area contributed by atoms with Crippen molar-refractivity contribution in [3.63, 3.8) is 0 Å². The van der Waals surface area contributed by atoms with Crippen LogP contribution in [0.4, 0.5) is 0 Å². The number of ether oxygens (including phenoxy) is 1. The maximum atomic E-state index is 12.4. The van der Waals surface area contributed by atoms with E-state index < -0.39 is 23.1 Å². The number of hydrogen-bond donors (Lipinski definition) is 2. The van der Waals surface area contributed by atoms with Crippen LogP contribution in [0.3, 0.4) is 0 Å². The van der Waals surface area contributed by atoms with Crippen molar-refractivity contribution in [3.05, 3.63) is 87.5 Å². The summed E-state index contributed by atoms with van der Waals surface area (Å²) in [6.45, 7) is 2.00. The number of benzene rings is 2. The Labute approximate surface area is 178 Å². The molecule has 1 aromatic heterocycles. The van der Waals surface area contributed by atoms with Gasteiger partial charge in [-0.1, -0.05) is 29.8 Å². The Kier molecular flexibility index (Phi) is 6.84. The molecule has 0 aliphatic heterocycles. The number of methoxy groups -OCH3 is 1. The summed E-state index contributed by atoms with van der Waals surface area (Å²) in [5.41, 5.74) is 1.07. The molecule has 1 heterocycles. The molecule has 6 nitrogen and oxygen atoms in total. The number of phenols is 1. The fourth-order valence-electron chi connectivity index (χ4n) is 3.00. The number of hydrogen-bond acceptors (Lipinski definition) is 7. The van der Waals surface area contributed by atoms with Crippen molar-refractivity contribution in [2.24, 2.45) is 0 Å². The Morgan fingerprint density at radius 2 is 1.87 bits per heavy atom. The van der Waals surface area contributed by atoms with Crippen LogP contribution in [0.25, 0.3) is 0 Å². The van der Waals surface area contributed by atoms with Crippen molar-refractivity contribution in [2.45, 2.75) is 29.9 Å². The van der Waals surface area contributed by atoms with E-state index in [-0.39, 0.29) is 17.9 Å². The summed E-state index contributed by atoms with van der Waals surface area (Å²) in [5.74, 6) is -1.18. The van der Waals surface area contributed by atoms with Crippen LogP contribution >= 0.6 is 11.8 Å². The van der Waals surface area contributed by atoms with Crippen LogP contribution in [0, 0.1) is 6.92 Å². The maximum absolute atomic E-state index is 12.4. The van der Waals surface area contributed by atoms with Crippen LogP contribution in [-0.2, 0) is 15.3 Å². The summed E-state index contributed by atoms with van der Waals surface area (Å²) in [6.07, 6.45) is -0.162. The van der Waals surface area contributed by atoms with Crippen LogP contribution in [0.15, 0.2) is 68.7 Å². The second-order valence-corrected chi connectivity index (χ2v) is 7.87. The highest BCUT2D eigenvalue weighted by Gasteiger charge is 2.26. The molecule has 0 spiro atoms. The number of aryl methyl sites for hydroxylation is 1. The van der Waals surface area contributed by atoms with Gasteiger partial charge in [-0.3, -0.25) is 9.59 Å². The summed E-state index contributed by atoms with van der Waals surface area (Å²) >= 11 is 1.49. The fraction of sp³-hybridized carbons (Fsp3) is 0.217. The zero-order valence-corrected chi connectivity index (χ0v) is 17.4. The van der Waals surface area contributed by atoms with Crippen LogP contribution in [0.1, 0.15) is 35.0 Å². The van der Waals surface area contributed by atoms with E-state index in [4.69, 9.17) is 9.15 Å². The van der Waals surface area contributed by atoms with Gasteiger partial charge in [0, 0.05) is 11.0 Å². The number of phenolic OH excluding ortho intramolecular Hbond substituents is 1. The van der Waals surface area contributed by atoms with Gasteiger partial charge in [0.1, 0.15) is 11.5 Å².